The molecule has 1 aliphatic carbocycles. The fourth-order valence-electron chi connectivity index (χ4n) is 3.72. The van der Waals surface area contributed by atoms with E-state index >= 15 is 0 Å². The van der Waals surface area contributed by atoms with Crippen molar-refractivity contribution in [1.29, 1.82) is 0 Å². The van der Waals surface area contributed by atoms with Gasteiger partial charge < -0.3 is 9.64 Å². The van der Waals surface area contributed by atoms with Gasteiger partial charge >= 0.3 is 0 Å². The minimum atomic E-state index is 0.637. The quantitative estimate of drug-likeness (QED) is 0.628. The van der Waals surface area contributed by atoms with Gasteiger partial charge in [-0.3, -0.25) is 0 Å². The van der Waals surface area contributed by atoms with Crippen LogP contribution in [0.15, 0.2) is 0 Å². The number of hydrogen-bond acceptors (Lipinski definition) is 2. The number of piperidine rings is 1. The van der Waals surface area contributed by atoms with Gasteiger partial charge in [0.2, 0.25) is 0 Å². The zero-order valence-corrected chi connectivity index (χ0v) is 11.2. The molecule has 0 aromatic heterocycles. The molecule has 0 aromatic carbocycles. The maximum atomic E-state index is 5.82. The zero-order valence-electron chi connectivity index (χ0n) is 11.2. The van der Waals surface area contributed by atoms with Crippen LogP contribution in [0.25, 0.3) is 0 Å². The summed E-state index contributed by atoms with van der Waals surface area (Å²) in [6.45, 7) is 7.64. The van der Waals surface area contributed by atoms with E-state index in [2.05, 4.69) is 11.9 Å². The molecule has 2 aliphatic heterocycles. The number of hydrogen-bond donors (Lipinski definition) is 0. The van der Waals surface area contributed by atoms with Crippen molar-refractivity contribution in [3.8, 4) is 0 Å². The molecule has 2 heteroatoms. The van der Waals surface area contributed by atoms with Gasteiger partial charge in [0.1, 0.15) is 0 Å². The summed E-state index contributed by atoms with van der Waals surface area (Å²) in [5.74, 6) is 0.915. The zero-order chi connectivity index (χ0) is 11.6. The van der Waals surface area contributed by atoms with Crippen LogP contribution in [0.4, 0.5) is 0 Å². The molecule has 3 fully saturated rings. The lowest BCUT2D eigenvalue weighted by molar-refractivity contribution is 0.0650. The SMILES string of the molecule is CC.CN1CCC2(CC1)CC1CCOC1C2. The lowest BCUT2D eigenvalue weighted by Crippen LogP contribution is -2.37. The highest BCUT2D eigenvalue weighted by molar-refractivity contribution is 4.99. The van der Waals surface area contributed by atoms with E-state index in [4.69, 9.17) is 4.74 Å². The van der Waals surface area contributed by atoms with Gasteiger partial charge in [0, 0.05) is 6.61 Å². The summed E-state index contributed by atoms with van der Waals surface area (Å²) in [6, 6.07) is 0. The number of rotatable bonds is 0. The minimum Gasteiger partial charge on any atom is -0.378 e. The number of fused-ring (bicyclic) bond motifs is 1. The smallest absolute Gasteiger partial charge is 0.0609 e. The van der Waals surface area contributed by atoms with Crippen molar-refractivity contribution >= 4 is 0 Å². The van der Waals surface area contributed by atoms with Crippen LogP contribution < -0.4 is 0 Å². The molecule has 2 heterocycles. The Kier molecular flexibility index (Phi) is 3.91. The van der Waals surface area contributed by atoms with Gasteiger partial charge in [0.15, 0.2) is 0 Å². The topological polar surface area (TPSA) is 12.5 Å². The van der Waals surface area contributed by atoms with Crippen LogP contribution in [-0.2, 0) is 4.74 Å². The molecule has 1 saturated carbocycles. The molecule has 1 spiro atoms. The summed E-state index contributed by atoms with van der Waals surface area (Å²) in [4.78, 5) is 2.47. The highest BCUT2D eigenvalue weighted by Gasteiger charge is 2.48. The van der Waals surface area contributed by atoms with E-state index in [0.717, 1.165) is 12.5 Å². The van der Waals surface area contributed by atoms with Crippen LogP contribution in [0.3, 0.4) is 0 Å². The van der Waals surface area contributed by atoms with Gasteiger partial charge in [0.05, 0.1) is 6.10 Å². The maximum absolute atomic E-state index is 5.82. The average Bonchev–Trinajstić information content (AvgIpc) is 2.84. The number of likely N-dealkylation sites (tertiary alicyclic amines) is 1. The highest BCUT2D eigenvalue weighted by Crippen LogP contribution is 2.52. The van der Waals surface area contributed by atoms with E-state index in [1.807, 2.05) is 13.8 Å². The summed E-state index contributed by atoms with van der Waals surface area (Å²) in [5.41, 5.74) is 0.683. The number of nitrogens with zero attached hydrogens (tertiary/aromatic N) is 1. The van der Waals surface area contributed by atoms with E-state index in [9.17, 15) is 0 Å². The summed E-state index contributed by atoms with van der Waals surface area (Å²) < 4.78 is 5.82. The van der Waals surface area contributed by atoms with Crippen LogP contribution in [0, 0.1) is 11.3 Å². The molecule has 0 N–H and O–H groups in total. The van der Waals surface area contributed by atoms with Crippen molar-refractivity contribution in [2.75, 3.05) is 26.7 Å². The van der Waals surface area contributed by atoms with Crippen molar-refractivity contribution < 1.29 is 4.74 Å². The standard InChI is InChI=1S/C12H21NO.C2H6/c1-13-5-3-12(4-6-13)8-10-2-7-14-11(10)9-12;1-2/h10-11H,2-9H2,1H3;1-2H3. The monoisotopic (exact) mass is 225 g/mol. The fraction of sp³-hybridized carbons (Fsp3) is 1.00. The molecule has 94 valence electrons. The van der Waals surface area contributed by atoms with Crippen LogP contribution in [0.1, 0.15) is 46.0 Å². The first-order valence-corrected chi connectivity index (χ1v) is 7.08. The van der Waals surface area contributed by atoms with Gasteiger partial charge in [-0.1, -0.05) is 13.8 Å². The first kappa shape index (κ1) is 12.4. The largest absolute Gasteiger partial charge is 0.378 e. The lowest BCUT2D eigenvalue weighted by atomic mass is 9.76. The summed E-state index contributed by atoms with van der Waals surface area (Å²) >= 11 is 0. The first-order chi connectivity index (χ1) is 7.77. The van der Waals surface area contributed by atoms with Gasteiger partial charge in [-0.15, -0.1) is 0 Å². The third kappa shape index (κ3) is 2.28. The summed E-state index contributed by atoms with van der Waals surface area (Å²) in [7, 11) is 2.25. The molecule has 2 unspecified atom stereocenters. The normalized spacial score (nSPS) is 36.9. The Bertz CT molecular complexity index is 207. The Hall–Kier alpha value is -0.0800. The van der Waals surface area contributed by atoms with Crippen LogP contribution in [-0.4, -0.2) is 37.7 Å². The van der Waals surface area contributed by atoms with Crippen molar-refractivity contribution in [2.24, 2.45) is 11.3 Å². The minimum absolute atomic E-state index is 0.637. The van der Waals surface area contributed by atoms with E-state index < -0.39 is 0 Å². The molecule has 0 amide bonds. The molecule has 3 aliphatic rings. The van der Waals surface area contributed by atoms with E-state index in [1.54, 1.807) is 0 Å². The first-order valence-electron chi connectivity index (χ1n) is 7.08. The molecule has 0 bridgehead atoms. The predicted molar refractivity (Wildman–Crippen MR) is 67.6 cm³/mol. The Morgan fingerprint density at radius 3 is 2.44 bits per heavy atom. The van der Waals surface area contributed by atoms with Gasteiger partial charge in [-0.25, -0.2) is 0 Å². The second-order valence-electron chi connectivity index (χ2n) is 5.67. The second kappa shape index (κ2) is 5.05. The van der Waals surface area contributed by atoms with Crippen LogP contribution >= 0.6 is 0 Å². The van der Waals surface area contributed by atoms with E-state index in [1.165, 1.54) is 45.2 Å². The lowest BCUT2D eigenvalue weighted by Gasteiger charge is -2.38. The van der Waals surface area contributed by atoms with Gasteiger partial charge in [0.25, 0.3) is 0 Å². The summed E-state index contributed by atoms with van der Waals surface area (Å²) in [6.07, 6.45) is 7.64. The molecular formula is C14H27NO. The molecule has 16 heavy (non-hydrogen) atoms. The maximum Gasteiger partial charge on any atom is 0.0609 e. The van der Waals surface area contributed by atoms with Crippen molar-refractivity contribution in [3.05, 3.63) is 0 Å². The van der Waals surface area contributed by atoms with E-state index in [0.29, 0.717) is 11.5 Å². The fourth-order valence-corrected chi connectivity index (χ4v) is 3.72. The van der Waals surface area contributed by atoms with Crippen LogP contribution in [0.2, 0.25) is 0 Å². The van der Waals surface area contributed by atoms with Crippen molar-refractivity contribution in [2.45, 2.75) is 52.1 Å². The average molecular weight is 225 g/mol. The highest BCUT2D eigenvalue weighted by atomic mass is 16.5. The Labute approximate surface area is 100 Å². The van der Waals surface area contributed by atoms with Crippen molar-refractivity contribution in [3.63, 3.8) is 0 Å². The second-order valence-corrected chi connectivity index (χ2v) is 5.67. The Balaban J connectivity index is 0.000000457. The molecular weight excluding hydrogens is 198 g/mol. The Morgan fingerprint density at radius 2 is 1.81 bits per heavy atom. The third-order valence-corrected chi connectivity index (χ3v) is 4.72. The molecule has 3 rings (SSSR count). The Morgan fingerprint density at radius 1 is 1.12 bits per heavy atom. The third-order valence-electron chi connectivity index (χ3n) is 4.72. The molecule has 0 aromatic rings. The molecule has 2 saturated heterocycles. The van der Waals surface area contributed by atoms with E-state index in [-0.39, 0.29) is 0 Å². The van der Waals surface area contributed by atoms with Gasteiger partial charge in [-0.2, -0.15) is 0 Å². The predicted octanol–water partition coefficient (Wildman–Crippen LogP) is 2.92. The molecule has 0 radical (unpaired) electrons. The summed E-state index contributed by atoms with van der Waals surface area (Å²) in [5, 5.41) is 0. The number of ether oxygens (including phenoxy) is 1. The molecule has 2 atom stereocenters. The molecule has 2 nitrogen and oxygen atoms in total. The van der Waals surface area contributed by atoms with Crippen LogP contribution in [0.5, 0.6) is 0 Å². The van der Waals surface area contributed by atoms with Crippen molar-refractivity contribution in [1.82, 2.24) is 4.90 Å². The van der Waals surface area contributed by atoms with Gasteiger partial charge in [-0.05, 0) is 63.6 Å².